The number of esters is 1. The maximum Gasteiger partial charge on any atom is 0.315 e. The van der Waals surface area contributed by atoms with Crippen molar-refractivity contribution in [1.82, 2.24) is 0 Å². The average Bonchev–Trinajstić information content (AvgIpc) is 0.677. The van der Waals surface area contributed by atoms with Gasteiger partial charge in [-0.15, -0.1) is 0 Å². The van der Waals surface area contributed by atoms with Crippen molar-refractivity contribution in [3.63, 3.8) is 0 Å². The molecular weight excluding hydrogens is 1170 g/mol. The molecule has 4 saturated carbocycles. The fourth-order valence-electron chi connectivity index (χ4n) is 19.7. The highest BCUT2D eigenvalue weighted by atomic mass is 16.8. The molecule has 9 aliphatic rings. The summed E-state index contributed by atoms with van der Waals surface area (Å²) in [5, 5.41) is 0. The molecule has 9 rings (SSSR count). The van der Waals surface area contributed by atoms with Crippen molar-refractivity contribution in [3.05, 3.63) is 11.6 Å². The van der Waals surface area contributed by atoms with E-state index in [1.165, 1.54) is 5.57 Å². The van der Waals surface area contributed by atoms with Gasteiger partial charge in [0, 0.05) is 105 Å². The van der Waals surface area contributed by atoms with Crippen LogP contribution < -0.4 is 0 Å². The number of allylic oxidation sites excluding steroid dienone is 2. The Kier molecular flexibility index (Phi) is 23.9. The first-order valence-electron chi connectivity index (χ1n) is 32.7. The minimum Gasteiger partial charge on any atom is -0.432 e. The summed E-state index contributed by atoms with van der Waals surface area (Å²) >= 11 is 0. The average molecular weight is 1290 g/mol. The van der Waals surface area contributed by atoms with Gasteiger partial charge in [-0.05, 0) is 104 Å². The SMILES string of the molecule is COCC1OC(OCC2OC(OC(=O)C34CCC(C)(C)CC3C3=CCC5C6(C)CC(OC)C(OC)C(C)(COC)C6CCC5(C)C3(C)CC4)C(OC)C(OC)C2OC)C(OC)C(OC)C1OC1OC(C)C(OC)C(OC2OCC(OC)C(OC)C2OC)C1OC. The molecule has 0 N–H and O–H groups in total. The fraction of sp³-hybridized carbons (Fsp3) is 0.955. The van der Waals surface area contributed by atoms with Crippen LogP contribution in [0.4, 0.5) is 0 Å². The molecule has 520 valence electrons. The molecule has 8 fully saturated rings. The van der Waals surface area contributed by atoms with E-state index in [4.69, 9.17) is 104 Å². The van der Waals surface area contributed by atoms with Gasteiger partial charge in [-0.2, -0.15) is 0 Å². The van der Waals surface area contributed by atoms with Crippen molar-refractivity contribution >= 4 is 5.97 Å². The van der Waals surface area contributed by atoms with Crippen LogP contribution in [0.1, 0.15) is 106 Å². The Balaban J connectivity index is 0.940. The zero-order valence-corrected chi connectivity index (χ0v) is 58.0. The lowest BCUT2D eigenvalue weighted by atomic mass is 9.33. The van der Waals surface area contributed by atoms with Crippen molar-refractivity contribution < 1.29 is 109 Å². The Bertz CT molecular complexity index is 2350. The number of carbonyl (C=O) groups excluding carboxylic acids is 1. The van der Waals surface area contributed by atoms with Crippen LogP contribution in [-0.4, -0.2) is 261 Å². The summed E-state index contributed by atoms with van der Waals surface area (Å²) in [6.45, 7) is 17.3. The second kappa shape index (κ2) is 29.6. The normalized spacial score (nSPS) is 48.5. The first-order chi connectivity index (χ1) is 43.0. The Labute approximate surface area is 536 Å². The largest absolute Gasteiger partial charge is 0.432 e. The van der Waals surface area contributed by atoms with Crippen LogP contribution >= 0.6 is 0 Å². The van der Waals surface area contributed by atoms with E-state index in [1.807, 2.05) is 28.3 Å². The van der Waals surface area contributed by atoms with E-state index in [-0.39, 0.29) is 71.0 Å². The zero-order chi connectivity index (χ0) is 65.5. The van der Waals surface area contributed by atoms with Crippen LogP contribution in [0.3, 0.4) is 0 Å². The summed E-state index contributed by atoms with van der Waals surface area (Å²) in [7, 11) is 22.8. The van der Waals surface area contributed by atoms with Crippen LogP contribution in [-0.2, 0) is 109 Å². The van der Waals surface area contributed by atoms with Crippen molar-refractivity contribution in [2.24, 2.45) is 50.2 Å². The molecule has 23 heteroatoms. The van der Waals surface area contributed by atoms with E-state index < -0.39 is 122 Å². The summed E-state index contributed by atoms with van der Waals surface area (Å²) in [4.78, 5) is 15.8. The van der Waals surface area contributed by atoms with Crippen LogP contribution in [0.2, 0.25) is 0 Å². The molecule has 0 aromatic carbocycles. The summed E-state index contributed by atoms with van der Waals surface area (Å²) in [6, 6.07) is 0. The Hall–Kier alpha value is -1.63. The van der Waals surface area contributed by atoms with Gasteiger partial charge >= 0.3 is 5.97 Å². The smallest absolute Gasteiger partial charge is 0.315 e. The van der Waals surface area contributed by atoms with Crippen molar-refractivity contribution in [1.29, 1.82) is 0 Å². The van der Waals surface area contributed by atoms with E-state index in [2.05, 4.69) is 47.6 Å². The lowest BCUT2D eigenvalue weighted by molar-refractivity contribution is -0.381. The van der Waals surface area contributed by atoms with Gasteiger partial charge in [0.1, 0.15) is 85.5 Å². The number of hydrogen-bond donors (Lipinski definition) is 0. The first kappa shape index (κ1) is 72.6. The third kappa shape index (κ3) is 12.6. The number of methoxy groups -OCH3 is 14. The van der Waals surface area contributed by atoms with Crippen LogP contribution in [0, 0.1) is 50.2 Å². The van der Waals surface area contributed by atoms with Gasteiger partial charge < -0.3 is 104 Å². The third-order valence-corrected chi connectivity index (χ3v) is 24.4. The molecule has 29 unspecified atom stereocenters. The number of rotatable bonds is 25. The maximum atomic E-state index is 15.8. The van der Waals surface area contributed by atoms with Crippen molar-refractivity contribution in [3.8, 4) is 0 Å². The summed E-state index contributed by atoms with van der Waals surface area (Å²) in [5.74, 6) is 0.423. The summed E-state index contributed by atoms with van der Waals surface area (Å²) < 4.78 is 139. The van der Waals surface area contributed by atoms with E-state index in [1.54, 1.807) is 78.2 Å². The second-order valence-corrected chi connectivity index (χ2v) is 28.9. The van der Waals surface area contributed by atoms with Gasteiger partial charge in [0.25, 0.3) is 0 Å². The standard InChI is InChI=1S/C67H114O23/c1-36-45(73-12)51(89-58-52(78-17)46(74-13)40(72-11)33-83-58)55(81-20)59(85-36)88-48-41(32-69-8)86-57(53(79-18)50(48)77-16)84-34-42-47(75-14)49(76-15)54(80-19)60(87-42)90-61(68)67-28-26-62(2,3)30-38(67)37-22-23-44-63(4)31-39(71-10)56(82-21)64(5,35-70-9)43(63)24-25-66(44,7)65(37,6)27-29-67/h22,36,38-60H,23-35H2,1-21H3. The van der Waals surface area contributed by atoms with Gasteiger partial charge in [0.15, 0.2) is 18.9 Å². The maximum absolute atomic E-state index is 15.8. The van der Waals surface area contributed by atoms with E-state index in [0.29, 0.717) is 31.3 Å². The van der Waals surface area contributed by atoms with Gasteiger partial charge in [-0.25, -0.2) is 0 Å². The predicted molar refractivity (Wildman–Crippen MR) is 325 cm³/mol. The van der Waals surface area contributed by atoms with E-state index >= 15 is 4.79 Å². The van der Waals surface area contributed by atoms with Gasteiger partial charge in [-0.3, -0.25) is 4.79 Å². The zero-order valence-electron chi connectivity index (χ0n) is 58.0. The van der Waals surface area contributed by atoms with Gasteiger partial charge in [0.2, 0.25) is 6.29 Å². The number of ether oxygens (including phenoxy) is 22. The molecule has 0 amide bonds. The van der Waals surface area contributed by atoms with Crippen LogP contribution in [0.25, 0.3) is 0 Å². The lowest BCUT2D eigenvalue weighted by Crippen LogP contribution is -2.68. The summed E-state index contributed by atoms with van der Waals surface area (Å²) in [5.41, 5.74) is 0.103. The Morgan fingerprint density at radius 1 is 0.511 bits per heavy atom. The minimum atomic E-state index is -1.19. The van der Waals surface area contributed by atoms with Gasteiger partial charge in [0.05, 0.1) is 50.2 Å². The quantitative estimate of drug-likeness (QED) is 0.0683. The molecule has 4 heterocycles. The molecule has 23 nitrogen and oxygen atoms in total. The molecule has 0 radical (unpaired) electrons. The van der Waals surface area contributed by atoms with Crippen LogP contribution in [0.15, 0.2) is 11.6 Å². The molecule has 0 bridgehead atoms. The molecule has 0 spiro atoms. The molecule has 90 heavy (non-hydrogen) atoms. The van der Waals surface area contributed by atoms with E-state index in [0.717, 1.165) is 44.9 Å². The van der Waals surface area contributed by atoms with Crippen LogP contribution in [0.5, 0.6) is 0 Å². The van der Waals surface area contributed by atoms with Gasteiger partial charge in [-0.1, -0.05) is 53.2 Å². The highest BCUT2D eigenvalue weighted by Crippen LogP contribution is 2.76. The van der Waals surface area contributed by atoms with E-state index in [9.17, 15) is 0 Å². The Morgan fingerprint density at radius 3 is 1.68 bits per heavy atom. The number of hydrogen-bond acceptors (Lipinski definition) is 23. The van der Waals surface area contributed by atoms with Crippen molar-refractivity contribution in [2.45, 2.75) is 235 Å². The fourth-order valence-corrected chi connectivity index (χ4v) is 19.7. The third-order valence-electron chi connectivity index (χ3n) is 24.4. The molecule has 4 saturated heterocycles. The molecular formula is C67H114O23. The lowest BCUT2D eigenvalue weighted by Gasteiger charge is -2.72. The molecule has 0 aromatic heterocycles. The second-order valence-electron chi connectivity index (χ2n) is 28.9. The molecule has 29 atom stereocenters. The predicted octanol–water partition coefficient (Wildman–Crippen LogP) is 6.73. The highest BCUT2D eigenvalue weighted by Gasteiger charge is 2.72. The monoisotopic (exact) mass is 1290 g/mol. The number of carbonyl (C=O) groups is 1. The Morgan fingerprint density at radius 2 is 1.08 bits per heavy atom. The molecule has 0 aromatic rings. The molecule has 4 aliphatic heterocycles. The minimum absolute atomic E-state index is 0.00593. The topological polar surface area (TPSA) is 220 Å². The highest BCUT2D eigenvalue weighted by molar-refractivity contribution is 5.79. The molecule has 5 aliphatic carbocycles. The first-order valence-corrected chi connectivity index (χ1v) is 32.7. The summed E-state index contributed by atoms with van der Waals surface area (Å²) in [6.07, 6.45) is -4.87. The van der Waals surface area contributed by atoms with Crippen molar-refractivity contribution in [2.75, 3.05) is 126 Å². The number of fused-ring (bicyclic) bond motifs is 7.